The van der Waals surface area contributed by atoms with Gasteiger partial charge in [0.2, 0.25) is 11.0 Å². The molecule has 0 saturated heterocycles. The summed E-state index contributed by atoms with van der Waals surface area (Å²) in [7, 11) is 1.54. The average molecular weight is 456 g/mol. The lowest BCUT2D eigenvalue weighted by Crippen LogP contribution is -2.48. The van der Waals surface area contributed by atoms with E-state index in [1.807, 2.05) is 0 Å². The SMILES string of the molecule is Cn1c(=O)[nH]c(=O)c2[nH]c(CCC(=O)Nc3nnc(C45CC6CC(CC(C6)C4)C5)s3)nc21. The lowest BCUT2D eigenvalue weighted by molar-refractivity contribution is -0.116. The lowest BCUT2D eigenvalue weighted by atomic mass is 9.50. The Morgan fingerprint density at radius 1 is 1.12 bits per heavy atom. The number of hydrogen-bond donors (Lipinski definition) is 3. The normalized spacial score (nSPS) is 28.5. The molecule has 0 aliphatic heterocycles. The molecule has 32 heavy (non-hydrogen) atoms. The number of aromatic amines is 2. The number of anilines is 1. The average Bonchev–Trinajstić information content (AvgIpc) is 3.38. The number of carbonyl (C=O) groups is 1. The molecule has 4 saturated carbocycles. The van der Waals surface area contributed by atoms with E-state index in [0.29, 0.717) is 17.4 Å². The van der Waals surface area contributed by atoms with Gasteiger partial charge in [0.05, 0.1) is 0 Å². The molecule has 168 valence electrons. The van der Waals surface area contributed by atoms with E-state index < -0.39 is 11.2 Å². The fourth-order valence-electron chi connectivity index (χ4n) is 6.55. The van der Waals surface area contributed by atoms with E-state index in [2.05, 4.69) is 30.5 Å². The summed E-state index contributed by atoms with van der Waals surface area (Å²) in [5, 5.41) is 13.3. The third-order valence-electron chi connectivity index (χ3n) is 7.56. The summed E-state index contributed by atoms with van der Waals surface area (Å²) in [6.07, 6.45) is 8.28. The van der Waals surface area contributed by atoms with Gasteiger partial charge in [-0.25, -0.2) is 9.78 Å². The van der Waals surface area contributed by atoms with Gasteiger partial charge in [0, 0.05) is 25.3 Å². The third kappa shape index (κ3) is 3.21. The molecule has 3 aromatic rings. The second-order valence-corrected chi connectivity index (χ2v) is 10.8. The minimum absolute atomic E-state index is 0.173. The number of hydrogen-bond acceptors (Lipinski definition) is 7. The van der Waals surface area contributed by atoms with Gasteiger partial charge in [0.25, 0.3) is 5.56 Å². The number of carbonyl (C=O) groups excluding carboxylic acids is 1. The standard InChI is InChI=1S/C21H25N7O3S/c1-28-16-15(17(30)25-20(28)31)22-13(23-16)2-3-14(29)24-19-27-26-18(32-19)21-7-10-4-11(8-21)6-12(5-10)9-21/h10-12H,2-9H2,1H3,(H,22,23)(H,24,27,29)(H,25,30,31). The molecular weight excluding hydrogens is 430 g/mol. The fraction of sp³-hybridized carbons (Fsp3) is 0.619. The maximum atomic E-state index is 12.5. The monoisotopic (exact) mass is 455 g/mol. The van der Waals surface area contributed by atoms with Crippen molar-refractivity contribution in [2.75, 3.05) is 5.32 Å². The van der Waals surface area contributed by atoms with Gasteiger partial charge in [-0.2, -0.15) is 0 Å². The molecule has 11 heteroatoms. The molecule has 0 radical (unpaired) electrons. The van der Waals surface area contributed by atoms with Gasteiger partial charge in [-0.1, -0.05) is 11.3 Å². The molecule has 4 aliphatic carbocycles. The second kappa shape index (κ2) is 7.09. The molecule has 7 rings (SSSR count). The smallest absolute Gasteiger partial charge is 0.329 e. The molecule has 0 unspecified atom stereocenters. The molecule has 3 N–H and O–H groups in total. The number of aryl methyl sites for hydroxylation is 2. The van der Waals surface area contributed by atoms with E-state index in [1.54, 1.807) is 0 Å². The maximum Gasteiger partial charge on any atom is 0.329 e. The zero-order valence-corrected chi connectivity index (χ0v) is 18.6. The van der Waals surface area contributed by atoms with Crippen LogP contribution in [-0.4, -0.2) is 35.6 Å². The fourth-order valence-corrected chi connectivity index (χ4v) is 7.52. The van der Waals surface area contributed by atoms with E-state index in [1.165, 1.54) is 61.5 Å². The Morgan fingerprint density at radius 2 is 1.81 bits per heavy atom. The molecule has 3 heterocycles. The Bertz CT molecular complexity index is 1300. The van der Waals surface area contributed by atoms with Crippen molar-refractivity contribution < 1.29 is 4.79 Å². The molecule has 1 amide bonds. The van der Waals surface area contributed by atoms with Gasteiger partial charge < -0.3 is 10.3 Å². The molecule has 0 spiro atoms. The molecule has 4 aliphatic rings. The van der Waals surface area contributed by atoms with Crippen molar-refractivity contribution in [2.24, 2.45) is 24.8 Å². The largest absolute Gasteiger partial charge is 0.336 e. The summed E-state index contributed by atoms with van der Waals surface area (Å²) < 4.78 is 1.27. The van der Waals surface area contributed by atoms with E-state index in [0.717, 1.165) is 22.8 Å². The van der Waals surface area contributed by atoms with Crippen molar-refractivity contribution in [3.63, 3.8) is 0 Å². The van der Waals surface area contributed by atoms with Crippen LogP contribution < -0.4 is 16.6 Å². The van der Waals surface area contributed by atoms with Gasteiger partial charge >= 0.3 is 5.69 Å². The first-order chi connectivity index (χ1) is 15.4. The van der Waals surface area contributed by atoms with Crippen LogP contribution in [-0.2, 0) is 23.7 Å². The highest BCUT2D eigenvalue weighted by molar-refractivity contribution is 7.15. The van der Waals surface area contributed by atoms with E-state index >= 15 is 0 Å². The Kier molecular flexibility index (Phi) is 4.40. The first-order valence-corrected chi connectivity index (χ1v) is 12.0. The molecule has 4 fully saturated rings. The number of amides is 1. The van der Waals surface area contributed by atoms with Crippen LogP contribution in [0, 0.1) is 17.8 Å². The van der Waals surface area contributed by atoms with E-state index in [-0.39, 0.29) is 28.9 Å². The van der Waals surface area contributed by atoms with E-state index in [9.17, 15) is 14.4 Å². The summed E-state index contributed by atoms with van der Waals surface area (Å²) >= 11 is 1.52. The molecule has 0 aromatic carbocycles. The van der Waals surface area contributed by atoms with Crippen molar-refractivity contribution in [3.05, 3.63) is 31.7 Å². The summed E-state index contributed by atoms with van der Waals surface area (Å²) in [6.45, 7) is 0. The molecule has 3 aromatic heterocycles. The maximum absolute atomic E-state index is 12.5. The van der Waals surface area contributed by atoms with Crippen LogP contribution >= 0.6 is 11.3 Å². The zero-order valence-electron chi connectivity index (χ0n) is 17.8. The van der Waals surface area contributed by atoms with Crippen molar-refractivity contribution in [2.45, 2.75) is 56.8 Å². The predicted molar refractivity (Wildman–Crippen MR) is 119 cm³/mol. The van der Waals surface area contributed by atoms with Crippen molar-refractivity contribution >= 4 is 33.5 Å². The predicted octanol–water partition coefficient (Wildman–Crippen LogP) is 1.84. The number of H-pyrrole nitrogens is 2. The van der Waals surface area contributed by atoms with Crippen LogP contribution in [0.4, 0.5) is 5.13 Å². The highest BCUT2D eigenvalue weighted by Gasteiger charge is 2.53. The van der Waals surface area contributed by atoms with Crippen LogP contribution in [0.5, 0.6) is 0 Å². The number of imidazole rings is 1. The molecule has 0 atom stereocenters. The van der Waals surface area contributed by atoms with E-state index in [4.69, 9.17) is 0 Å². The molecule has 10 nitrogen and oxygen atoms in total. The van der Waals surface area contributed by atoms with Crippen LogP contribution in [0.25, 0.3) is 11.2 Å². The number of aromatic nitrogens is 6. The molecule has 4 bridgehead atoms. The number of nitrogens with one attached hydrogen (secondary N) is 3. The first kappa shape index (κ1) is 19.8. The van der Waals surface area contributed by atoms with Crippen molar-refractivity contribution in [3.8, 4) is 0 Å². The minimum Gasteiger partial charge on any atom is -0.336 e. The Balaban J connectivity index is 1.13. The van der Waals surface area contributed by atoms with Crippen LogP contribution in [0.3, 0.4) is 0 Å². The number of nitrogens with zero attached hydrogens (tertiary/aromatic N) is 4. The second-order valence-electron chi connectivity index (χ2n) is 9.86. The van der Waals surface area contributed by atoms with Gasteiger partial charge in [-0.3, -0.25) is 19.1 Å². The Hall–Kier alpha value is -2.82. The van der Waals surface area contributed by atoms with Gasteiger partial charge in [0.1, 0.15) is 16.3 Å². The highest BCUT2D eigenvalue weighted by atomic mass is 32.1. The van der Waals surface area contributed by atoms with Gasteiger partial charge in [0.15, 0.2) is 5.65 Å². The van der Waals surface area contributed by atoms with Crippen LogP contribution in [0.1, 0.15) is 55.8 Å². The first-order valence-electron chi connectivity index (χ1n) is 11.2. The van der Waals surface area contributed by atoms with Crippen LogP contribution in [0.2, 0.25) is 0 Å². The number of fused-ring (bicyclic) bond motifs is 1. The van der Waals surface area contributed by atoms with Crippen molar-refractivity contribution in [1.29, 1.82) is 0 Å². The lowest BCUT2D eigenvalue weighted by Gasteiger charge is -2.55. The van der Waals surface area contributed by atoms with Crippen molar-refractivity contribution in [1.82, 2.24) is 29.7 Å². The third-order valence-corrected chi connectivity index (χ3v) is 8.64. The topological polar surface area (TPSA) is 138 Å². The number of rotatable bonds is 5. The van der Waals surface area contributed by atoms with Gasteiger partial charge in [-0.15, -0.1) is 10.2 Å². The summed E-state index contributed by atoms with van der Waals surface area (Å²) in [4.78, 5) is 45.6. The minimum atomic E-state index is -0.524. The summed E-state index contributed by atoms with van der Waals surface area (Å²) in [5.41, 5.74) is -0.362. The zero-order chi connectivity index (χ0) is 22.0. The highest BCUT2D eigenvalue weighted by Crippen LogP contribution is 2.61. The summed E-state index contributed by atoms with van der Waals surface area (Å²) in [6, 6.07) is 0. The summed E-state index contributed by atoms with van der Waals surface area (Å²) in [5.74, 6) is 2.80. The van der Waals surface area contributed by atoms with Crippen LogP contribution in [0.15, 0.2) is 9.59 Å². The Morgan fingerprint density at radius 3 is 2.50 bits per heavy atom. The Labute approximate surface area is 186 Å². The molecular formula is C21H25N7O3S. The van der Waals surface area contributed by atoms with Gasteiger partial charge in [-0.05, 0) is 56.3 Å². The quantitative estimate of drug-likeness (QED) is 0.537.